The molecule has 0 amide bonds. The van der Waals surface area contributed by atoms with Gasteiger partial charge in [-0.25, -0.2) is 0 Å². The summed E-state index contributed by atoms with van der Waals surface area (Å²) in [6.07, 6.45) is 6.08. The van der Waals surface area contributed by atoms with Crippen molar-refractivity contribution in [2.75, 3.05) is 19.8 Å². The molecule has 4 aromatic rings. The highest BCUT2D eigenvalue weighted by molar-refractivity contribution is 5.85. The van der Waals surface area contributed by atoms with Crippen molar-refractivity contribution >= 4 is 12.4 Å². The third kappa shape index (κ3) is 9.24. The molecule has 0 radical (unpaired) electrons. The molecule has 5 rings (SSSR count). The van der Waals surface area contributed by atoms with Crippen LogP contribution in [0.15, 0.2) is 72.8 Å². The van der Waals surface area contributed by atoms with Crippen molar-refractivity contribution in [1.82, 2.24) is 5.32 Å². The van der Waals surface area contributed by atoms with Gasteiger partial charge in [-0.1, -0.05) is 92.1 Å². The molecule has 2 atom stereocenters. The highest BCUT2D eigenvalue weighted by Crippen LogP contribution is 2.43. The van der Waals surface area contributed by atoms with Gasteiger partial charge in [-0.3, -0.25) is 0 Å². The van der Waals surface area contributed by atoms with Crippen molar-refractivity contribution in [3.05, 3.63) is 140 Å². The lowest BCUT2D eigenvalue weighted by atomic mass is 9.68. The number of ether oxygens (including phenoxy) is 2. The summed E-state index contributed by atoms with van der Waals surface area (Å²) in [7, 11) is 0. The Morgan fingerprint density at radius 1 is 0.531 bits per heavy atom. The summed E-state index contributed by atoms with van der Waals surface area (Å²) in [5, 5.41) is 4.32. The molecular formula is C45H60ClNO2. The molecule has 1 saturated carbocycles. The molecule has 0 bridgehead atoms. The van der Waals surface area contributed by atoms with Crippen LogP contribution in [0.1, 0.15) is 111 Å². The van der Waals surface area contributed by atoms with Gasteiger partial charge < -0.3 is 14.8 Å². The maximum absolute atomic E-state index is 6.79. The predicted molar refractivity (Wildman–Crippen MR) is 210 cm³/mol. The molecule has 49 heavy (non-hydrogen) atoms. The Balaban J connectivity index is 0.00000541. The van der Waals surface area contributed by atoms with E-state index in [1.807, 2.05) is 0 Å². The van der Waals surface area contributed by atoms with E-state index in [0.29, 0.717) is 26.4 Å². The highest BCUT2D eigenvalue weighted by Gasteiger charge is 2.42. The largest absolute Gasteiger partial charge is 0.376 e. The highest BCUT2D eigenvalue weighted by atomic mass is 35.5. The average Bonchev–Trinajstić information content (AvgIpc) is 3.05. The molecule has 4 heteroatoms. The van der Waals surface area contributed by atoms with Crippen LogP contribution in [0.4, 0.5) is 0 Å². The molecule has 1 aliphatic rings. The summed E-state index contributed by atoms with van der Waals surface area (Å²) in [5.74, 6) is 0.487. The molecular weight excluding hydrogens is 622 g/mol. The normalized spacial score (nSPS) is 15.4. The molecule has 0 heterocycles. The SMILES string of the molecule is Cc1cccc(C)c1COCC(CNC1(C(COCc2c(C)cccc2C)c2c(C)cccc2C)CCCCC1)c1c(C)cccc1C.Cl. The molecule has 1 aliphatic carbocycles. The van der Waals surface area contributed by atoms with Gasteiger partial charge in [0.2, 0.25) is 0 Å². The summed E-state index contributed by atoms with van der Waals surface area (Å²) in [4.78, 5) is 0. The number of aryl methyl sites for hydroxylation is 8. The lowest BCUT2D eigenvalue weighted by molar-refractivity contribution is 0.0566. The minimum atomic E-state index is -0.0582. The number of halogens is 1. The fraction of sp³-hybridized carbons (Fsp3) is 0.467. The first-order chi connectivity index (χ1) is 23.1. The summed E-state index contributed by atoms with van der Waals surface area (Å²) in [6.45, 7) is 21.4. The Labute approximate surface area is 303 Å². The van der Waals surface area contributed by atoms with E-state index in [2.05, 4.69) is 134 Å². The minimum Gasteiger partial charge on any atom is -0.376 e. The average molecular weight is 682 g/mol. The van der Waals surface area contributed by atoms with E-state index in [9.17, 15) is 0 Å². The maximum Gasteiger partial charge on any atom is 0.0722 e. The minimum absolute atomic E-state index is 0. The molecule has 0 spiro atoms. The standard InChI is InChI=1S/C45H59NO2.ClH/c1-31-16-12-17-32(2)40(31)28-47-27-39(43-35(5)20-14-21-36(43)6)26-46-45(24-10-9-11-25-45)42(44-37(7)22-15-23-38(44)8)30-48-29-41-33(3)18-13-19-34(41)4;/h12-23,39,42,46H,9-11,24-30H2,1-8H3;1H. The second-order valence-corrected chi connectivity index (χ2v) is 14.7. The van der Waals surface area contributed by atoms with Gasteiger partial charge in [-0.05, 0) is 135 Å². The fourth-order valence-corrected chi connectivity index (χ4v) is 8.50. The number of benzene rings is 4. The summed E-state index contributed by atoms with van der Waals surface area (Å²) in [5.41, 5.74) is 16.1. The Morgan fingerprint density at radius 3 is 1.37 bits per heavy atom. The van der Waals surface area contributed by atoms with Gasteiger partial charge in [0.25, 0.3) is 0 Å². The monoisotopic (exact) mass is 681 g/mol. The van der Waals surface area contributed by atoms with Crippen LogP contribution in [-0.2, 0) is 22.7 Å². The third-order valence-electron chi connectivity index (χ3n) is 11.3. The molecule has 4 aromatic carbocycles. The van der Waals surface area contributed by atoms with E-state index in [1.165, 1.54) is 86.0 Å². The van der Waals surface area contributed by atoms with E-state index in [1.54, 1.807) is 0 Å². The summed E-state index contributed by atoms with van der Waals surface area (Å²) in [6, 6.07) is 26.6. The lowest BCUT2D eigenvalue weighted by Gasteiger charge is -2.46. The number of hydrogen-bond donors (Lipinski definition) is 1. The predicted octanol–water partition coefficient (Wildman–Crippen LogP) is 11.2. The van der Waals surface area contributed by atoms with Crippen LogP contribution in [0.5, 0.6) is 0 Å². The van der Waals surface area contributed by atoms with E-state index >= 15 is 0 Å². The van der Waals surface area contributed by atoms with Crippen molar-refractivity contribution in [1.29, 1.82) is 0 Å². The maximum atomic E-state index is 6.79. The quantitative estimate of drug-likeness (QED) is 0.144. The molecule has 264 valence electrons. The third-order valence-corrected chi connectivity index (χ3v) is 11.3. The second-order valence-electron chi connectivity index (χ2n) is 14.7. The van der Waals surface area contributed by atoms with Crippen molar-refractivity contribution in [3.63, 3.8) is 0 Å². The Bertz CT molecular complexity index is 1590. The zero-order chi connectivity index (χ0) is 34.3. The van der Waals surface area contributed by atoms with E-state index < -0.39 is 0 Å². The topological polar surface area (TPSA) is 30.5 Å². The van der Waals surface area contributed by atoms with Crippen molar-refractivity contribution in [3.8, 4) is 0 Å². The first-order valence-electron chi connectivity index (χ1n) is 18.2. The van der Waals surface area contributed by atoms with E-state index in [0.717, 1.165) is 19.4 Å². The van der Waals surface area contributed by atoms with Crippen molar-refractivity contribution in [2.24, 2.45) is 0 Å². The molecule has 1 fully saturated rings. The molecule has 0 saturated heterocycles. The van der Waals surface area contributed by atoms with Gasteiger partial charge in [0.1, 0.15) is 0 Å². The van der Waals surface area contributed by atoms with Crippen LogP contribution in [0, 0.1) is 55.4 Å². The lowest BCUT2D eigenvalue weighted by Crippen LogP contribution is -2.54. The Hall–Kier alpha value is -2.95. The van der Waals surface area contributed by atoms with Gasteiger partial charge in [0, 0.05) is 23.9 Å². The summed E-state index contributed by atoms with van der Waals surface area (Å²) >= 11 is 0. The molecule has 3 nitrogen and oxygen atoms in total. The molecule has 0 aliphatic heterocycles. The summed E-state index contributed by atoms with van der Waals surface area (Å²) < 4.78 is 13.4. The fourth-order valence-electron chi connectivity index (χ4n) is 8.50. The zero-order valence-electron chi connectivity index (χ0n) is 31.4. The number of rotatable bonds is 14. The number of hydrogen-bond acceptors (Lipinski definition) is 3. The van der Waals surface area contributed by atoms with Crippen LogP contribution in [-0.4, -0.2) is 25.3 Å². The Morgan fingerprint density at radius 2 is 0.918 bits per heavy atom. The first kappa shape index (κ1) is 38.8. The van der Waals surface area contributed by atoms with Crippen LogP contribution in [0.2, 0.25) is 0 Å². The van der Waals surface area contributed by atoms with Gasteiger partial charge >= 0.3 is 0 Å². The van der Waals surface area contributed by atoms with Gasteiger partial charge in [0.15, 0.2) is 0 Å². The van der Waals surface area contributed by atoms with Gasteiger partial charge in [-0.15, -0.1) is 12.4 Å². The second kappa shape index (κ2) is 17.8. The van der Waals surface area contributed by atoms with Gasteiger partial charge in [0.05, 0.1) is 26.4 Å². The van der Waals surface area contributed by atoms with Crippen LogP contribution < -0.4 is 5.32 Å². The van der Waals surface area contributed by atoms with Crippen LogP contribution in [0.3, 0.4) is 0 Å². The van der Waals surface area contributed by atoms with E-state index in [4.69, 9.17) is 9.47 Å². The zero-order valence-corrected chi connectivity index (χ0v) is 32.2. The molecule has 2 unspecified atom stereocenters. The molecule has 1 N–H and O–H groups in total. The van der Waals surface area contributed by atoms with Crippen LogP contribution in [0.25, 0.3) is 0 Å². The molecule has 0 aromatic heterocycles. The Kier molecular flexibility index (Phi) is 14.1. The number of nitrogens with one attached hydrogen (secondary N) is 1. The smallest absolute Gasteiger partial charge is 0.0722 e. The van der Waals surface area contributed by atoms with E-state index in [-0.39, 0.29) is 29.8 Å². The van der Waals surface area contributed by atoms with Gasteiger partial charge in [-0.2, -0.15) is 0 Å². The first-order valence-corrected chi connectivity index (χ1v) is 18.2. The van der Waals surface area contributed by atoms with Crippen molar-refractivity contribution in [2.45, 2.75) is 118 Å². The van der Waals surface area contributed by atoms with Crippen LogP contribution >= 0.6 is 12.4 Å². The van der Waals surface area contributed by atoms with Crippen molar-refractivity contribution < 1.29 is 9.47 Å².